The van der Waals surface area contributed by atoms with E-state index in [1.165, 1.54) is 0 Å². The third kappa shape index (κ3) is 3.37. The number of nitriles is 1. The summed E-state index contributed by atoms with van der Waals surface area (Å²) in [6.45, 7) is 1.89. The van der Waals surface area contributed by atoms with Gasteiger partial charge in [-0.05, 0) is 48.7 Å². The Kier molecular flexibility index (Phi) is 4.76. The number of anilines is 1. The molecule has 1 aliphatic heterocycles. The van der Waals surface area contributed by atoms with Crippen molar-refractivity contribution in [2.75, 3.05) is 25.1 Å². The summed E-state index contributed by atoms with van der Waals surface area (Å²) in [7, 11) is 1.66. The molecule has 27 heavy (non-hydrogen) atoms. The quantitative estimate of drug-likeness (QED) is 0.668. The summed E-state index contributed by atoms with van der Waals surface area (Å²) < 4.78 is 5.27. The lowest BCUT2D eigenvalue weighted by molar-refractivity contribution is 0.415. The fraction of sp³-hybridized carbons (Fsp3) is 0.217. The standard InChI is InChI=1S/C23H21N3O/c1-27-19-11-9-18(10-12-19)22-15-20(17-7-3-2-4-8-17)21(16-24)23(25-22)26-13-5-6-14-26/h2-4,7-12,15H,5-6,13-14H2,1H3. The Labute approximate surface area is 159 Å². The molecule has 2 heterocycles. The minimum absolute atomic E-state index is 0.653. The fourth-order valence-electron chi connectivity index (χ4n) is 3.55. The predicted molar refractivity (Wildman–Crippen MR) is 108 cm³/mol. The van der Waals surface area contributed by atoms with Crippen molar-refractivity contribution in [1.29, 1.82) is 5.26 Å². The van der Waals surface area contributed by atoms with Gasteiger partial charge in [0.05, 0.1) is 12.8 Å². The van der Waals surface area contributed by atoms with E-state index in [4.69, 9.17) is 9.72 Å². The van der Waals surface area contributed by atoms with E-state index in [0.717, 1.165) is 59.9 Å². The summed E-state index contributed by atoms with van der Waals surface area (Å²) in [6, 6.07) is 22.4. The molecular weight excluding hydrogens is 334 g/mol. The van der Waals surface area contributed by atoms with E-state index in [0.29, 0.717) is 5.56 Å². The lowest BCUT2D eigenvalue weighted by atomic mass is 9.98. The van der Waals surface area contributed by atoms with Crippen LogP contribution in [0.3, 0.4) is 0 Å². The Bertz CT molecular complexity index is 969. The third-order valence-electron chi connectivity index (χ3n) is 4.99. The Morgan fingerprint density at radius 1 is 0.963 bits per heavy atom. The molecule has 4 nitrogen and oxygen atoms in total. The van der Waals surface area contributed by atoms with Crippen molar-refractivity contribution in [3.63, 3.8) is 0 Å². The Morgan fingerprint density at radius 2 is 1.67 bits per heavy atom. The molecule has 1 fully saturated rings. The molecule has 0 atom stereocenters. The van der Waals surface area contributed by atoms with E-state index >= 15 is 0 Å². The molecule has 4 rings (SSSR count). The van der Waals surface area contributed by atoms with Crippen molar-refractivity contribution in [2.24, 2.45) is 0 Å². The van der Waals surface area contributed by atoms with E-state index in [-0.39, 0.29) is 0 Å². The molecule has 0 N–H and O–H groups in total. The van der Waals surface area contributed by atoms with Crippen LogP contribution in [0.2, 0.25) is 0 Å². The van der Waals surface area contributed by atoms with Crippen LogP contribution in [0.1, 0.15) is 18.4 Å². The Hall–Kier alpha value is -3.32. The van der Waals surface area contributed by atoms with E-state index in [2.05, 4.69) is 11.0 Å². The monoisotopic (exact) mass is 355 g/mol. The summed E-state index contributed by atoms with van der Waals surface area (Å²) in [5, 5.41) is 9.92. The van der Waals surface area contributed by atoms with Gasteiger partial charge in [-0.25, -0.2) is 4.98 Å². The number of aromatic nitrogens is 1. The second-order valence-corrected chi connectivity index (χ2v) is 6.65. The SMILES string of the molecule is COc1ccc(-c2cc(-c3ccccc3)c(C#N)c(N3CCCC3)n2)cc1. The van der Waals surface area contributed by atoms with Crippen LogP contribution in [0.25, 0.3) is 22.4 Å². The summed E-state index contributed by atoms with van der Waals surface area (Å²) >= 11 is 0. The minimum Gasteiger partial charge on any atom is -0.497 e. The Balaban J connectivity index is 1.91. The molecule has 1 aliphatic rings. The van der Waals surface area contributed by atoms with Gasteiger partial charge < -0.3 is 9.64 Å². The number of rotatable bonds is 4. The van der Waals surface area contributed by atoms with E-state index < -0.39 is 0 Å². The zero-order valence-electron chi connectivity index (χ0n) is 15.4. The molecule has 1 saturated heterocycles. The first-order chi connectivity index (χ1) is 13.3. The topological polar surface area (TPSA) is 49.1 Å². The summed E-state index contributed by atoms with van der Waals surface area (Å²) in [6.07, 6.45) is 2.28. The van der Waals surface area contributed by atoms with Gasteiger partial charge in [0.1, 0.15) is 23.2 Å². The largest absolute Gasteiger partial charge is 0.497 e. The predicted octanol–water partition coefficient (Wildman–Crippen LogP) is 4.90. The van der Waals surface area contributed by atoms with Crippen LogP contribution >= 0.6 is 0 Å². The van der Waals surface area contributed by atoms with Crippen molar-refractivity contribution in [2.45, 2.75) is 12.8 Å². The van der Waals surface area contributed by atoms with Crippen molar-refractivity contribution < 1.29 is 4.74 Å². The summed E-state index contributed by atoms with van der Waals surface area (Å²) in [4.78, 5) is 7.13. The normalized spacial score (nSPS) is 13.4. The lowest BCUT2D eigenvalue weighted by Gasteiger charge is -2.21. The molecule has 0 unspecified atom stereocenters. The van der Waals surface area contributed by atoms with Crippen molar-refractivity contribution in [3.05, 3.63) is 66.2 Å². The lowest BCUT2D eigenvalue weighted by Crippen LogP contribution is -2.21. The van der Waals surface area contributed by atoms with Gasteiger partial charge in [0.25, 0.3) is 0 Å². The second kappa shape index (κ2) is 7.51. The highest BCUT2D eigenvalue weighted by molar-refractivity contribution is 5.81. The number of ether oxygens (including phenoxy) is 1. The highest BCUT2D eigenvalue weighted by atomic mass is 16.5. The van der Waals surface area contributed by atoms with Crippen LogP contribution in [0.15, 0.2) is 60.7 Å². The molecule has 1 aromatic heterocycles. The molecule has 3 aromatic rings. The first-order valence-corrected chi connectivity index (χ1v) is 9.20. The summed E-state index contributed by atoms with van der Waals surface area (Å²) in [5.74, 6) is 1.61. The van der Waals surface area contributed by atoms with Gasteiger partial charge in [0.15, 0.2) is 0 Å². The number of nitrogens with zero attached hydrogens (tertiary/aromatic N) is 3. The van der Waals surface area contributed by atoms with E-state index in [1.54, 1.807) is 7.11 Å². The molecule has 134 valence electrons. The number of pyridine rings is 1. The van der Waals surface area contributed by atoms with E-state index in [9.17, 15) is 5.26 Å². The average molecular weight is 355 g/mol. The maximum absolute atomic E-state index is 9.92. The summed E-state index contributed by atoms with van der Waals surface area (Å²) in [5.41, 5.74) is 4.50. The highest BCUT2D eigenvalue weighted by Crippen LogP contribution is 2.35. The van der Waals surface area contributed by atoms with Crippen LogP contribution in [0.5, 0.6) is 5.75 Å². The van der Waals surface area contributed by atoms with Crippen LogP contribution in [-0.2, 0) is 0 Å². The van der Waals surface area contributed by atoms with Crippen molar-refractivity contribution >= 4 is 5.82 Å². The molecule has 0 bridgehead atoms. The van der Waals surface area contributed by atoms with Gasteiger partial charge >= 0.3 is 0 Å². The maximum atomic E-state index is 9.92. The molecule has 0 saturated carbocycles. The highest BCUT2D eigenvalue weighted by Gasteiger charge is 2.22. The van der Waals surface area contributed by atoms with Gasteiger partial charge in [0, 0.05) is 24.2 Å². The number of hydrogen-bond acceptors (Lipinski definition) is 4. The molecular formula is C23H21N3O. The molecule has 0 spiro atoms. The van der Waals surface area contributed by atoms with Crippen LogP contribution in [-0.4, -0.2) is 25.2 Å². The van der Waals surface area contributed by atoms with Crippen LogP contribution in [0, 0.1) is 11.3 Å². The van der Waals surface area contributed by atoms with Gasteiger partial charge in [-0.2, -0.15) is 5.26 Å². The van der Waals surface area contributed by atoms with Gasteiger partial charge in [-0.15, -0.1) is 0 Å². The first-order valence-electron chi connectivity index (χ1n) is 9.20. The first kappa shape index (κ1) is 17.1. The smallest absolute Gasteiger partial charge is 0.147 e. The molecule has 0 amide bonds. The van der Waals surface area contributed by atoms with E-state index in [1.807, 2.05) is 60.7 Å². The van der Waals surface area contributed by atoms with Crippen molar-refractivity contribution in [1.82, 2.24) is 4.98 Å². The second-order valence-electron chi connectivity index (χ2n) is 6.65. The maximum Gasteiger partial charge on any atom is 0.147 e. The number of hydrogen-bond donors (Lipinski definition) is 0. The van der Waals surface area contributed by atoms with Gasteiger partial charge in [0.2, 0.25) is 0 Å². The Morgan fingerprint density at radius 3 is 2.30 bits per heavy atom. The molecule has 0 aliphatic carbocycles. The van der Waals surface area contributed by atoms with Gasteiger partial charge in [-0.3, -0.25) is 0 Å². The van der Waals surface area contributed by atoms with Crippen molar-refractivity contribution in [3.8, 4) is 34.2 Å². The zero-order chi connectivity index (χ0) is 18.6. The average Bonchev–Trinajstić information content (AvgIpc) is 3.28. The minimum atomic E-state index is 0.653. The fourth-order valence-corrected chi connectivity index (χ4v) is 3.55. The van der Waals surface area contributed by atoms with Crippen LogP contribution < -0.4 is 9.64 Å². The number of methoxy groups -OCH3 is 1. The van der Waals surface area contributed by atoms with Crippen LogP contribution in [0.4, 0.5) is 5.82 Å². The number of benzene rings is 2. The molecule has 2 aromatic carbocycles. The molecule has 0 radical (unpaired) electrons. The van der Waals surface area contributed by atoms with Gasteiger partial charge in [-0.1, -0.05) is 30.3 Å². The zero-order valence-corrected chi connectivity index (χ0v) is 15.4. The third-order valence-corrected chi connectivity index (χ3v) is 4.99. The molecule has 4 heteroatoms.